The van der Waals surface area contributed by atoms with Crippen molar-refractivity contribution in [3.8, 4) is 17.2 Å². The molecular formula is C25H28F4N4O3S. The maximum absolute atomic E-state index is 14.4. The maximum Gasteiger partial charge on any atom is 0.407 e. The first-order chi connectivity index (χ1) is 17.0. The van der Waals surface area contributed by atoms with E-state index in [1.165, 1.54) is 50.2 Å². The maximum atomic E-state index is 14.4. The van der Waals surface area contributed by atoms with E-state index in [9.17, 15) is 36.0 Å². The lowest BCUT2D eigenvalue weighted by atomic mass is 9.96. The molecule has 1 aliphatic carbocycles. The van der Waals surface area contributed by atoms with Gasteiger partial charge in [-0.25, -0.2) is 12.8 Å². The molecule has 0 bridgehead atoms. The van der Waals surface area contributed by atoms with Crippen LogP contribution in [-0.2, 0) is 14.8 Å². The first-order valence-electron chi connectivity index (χ1n) is 11.4. The number of amides is 1. The summed E-state index contributed by atoms with van der Waals surface area (Å²) in [6, 6.07) is 9.90. The fraction of sp³-hybridized carbons (Fsp3) is 0.440. The van der Waals surface area contributed by atoms with Crippen molar-refractivity contribution >= 4 is 21.6 Å². The number of carbonyl (C=O) groups excluding carboxylic acids is 1. The lowest BCUT2D eigenvalue weighted by Crippen LogP contribution is -2.53. The summed E-state index contributed by atoms with van der Waals surface area (Å²) in [5.74, 6) is -0.863. The van der Waals surface area contributed by atoms with Gasteiger partial charge in [-0.15, -0.1) is 0 Å². The standard InChI is InChI=1S/C25H28F4N4O3S/c1-23(2,26)14-20(22(34)32-24(15-30)12-13-24)31-21(25(27,28)29)18-6-4-16(5-7-18)17-8-10-19(11-9-17)33-37(3,35)36/h4-11,20-21,31,33H,12-14H2,1-3H3,(H,32,34)/t20-,21-/m0/s1. The van der Waals surface area contributed by atoms with Gasteiger partial charge < -0.3 is 5.32 Å². The van der Waals surface area contributed by atoms with Crippen LogP contribution in [0.1, 0.15) is 44.7 Å². The van der Waals surface area contributed by atoms with Crippen LogP contribution in [0.3, 0.4) is 0 Å². The minimum atomic E-state index is -4.80. The van der Waals surface area contributed by atoms with E-state index in [0.29, 0.717) is 29.7 Å². The number of nitrogens with one attached hydrogen (secondary N) is 3. The number of carbonyl (C=O) groups is 1. The van der Waals surface area contributed by atoms with Gasteiger partial charge in [0.1, 0.15) is 17.2 Å². The first-order valence-corrected chi connectivity index (χ1v) is 13.3. The Morgan fingerprint density at radius 3 is 1.95 bits per heavy atom. The highest BCUT2D eigenvalue weighted by Gasteiger charge is 2.48. The van der Waals surface area contributed by atoms with Gasteiger partial charge in [0.25, 0.3) is 0 Å². The predicted molar refractivity (Wildman–Crippen MR) is 132 cm³/mol. The van der Waals surface area contributed by atoms with E-state index in [-0.39, 0.29) is 5.56 Å². The molecule has 1 saturated carbocycles. The Balaban J connectivity index is 1.83. The second-order valence-electron chi connectivity index (χ2n) is 9.87. The number of nitrogens with zero attached hydrogens (tertiary/aromatic N) is 1. The molecule has 0 aliphatic heterocycles. The van der Waals surface area contributed by atoms with Crippen LogP contribution in [0.15, 0.2) is 48.5 Å². The topological polar surface area (TPSA) is 111 Å². The molecule has 2 aromatic rings. The lowest BCUT2D eigenvalue weighted by molar-refractivity contribution is -0.161. The van der Waals surface area contributed by atoms with E-state index in [1.54, 1.807) is 12.1 Å². The molecule has 12 heteroatoms. The highest BCUT2D eigenvalue weighted by atomic mass is 32.2. The van der Waals surface area contributed by atoms with E-state index in [0.717, 1.165) is 6.26 Å². The van der Waals surface area contributed by atoms with Gasteiger partial charge in [0.05, 0.1) is 18.4 Å². The van der Waals surface area contributed by atoms with Crippen molar-refractivity contribution in [1.29, 1.82) is 5.26 Å². The minimum Gasteiger partial charge on any atom is -0.336 e. The van der Waals surface area contributed by atoms with E-state index < -0.39 is 51.8 Å². The number of hydrogen-bond acceptors (Lipinski definition) is 5. The number of alkyl halides is 4. The first kappa shape index (κ1) is 28.4. The zero-order valence-corrected chi connectivity index (χ0v) is 21.3. The molecular weight excluding hydrogens is 512 g/mol. The van der Waals surface area contributed by atoms with Crippen LogP contribution in [0.4, 0.5) is 23.2 Å². The second kappa shape index (κ2) is 10.3. The number of anilines is 1. The molecule has 1 aliphatic rings. The van der Waals surface area contributed by atoms with Crippen LogP contribution in [0.2, 0.25) is 0 Å². The molecule has 0 saturated heterocycles. The van der Waals surface area contributed by atoms with Crippen LogP contribution in [0.25, 0.3) is 11.1 Å². The molecule has 2 aromatic carbocycles. The molecule has 200 valence electrons. The number of rotatable bonds is 10. The van der Waals surface area contributed by atoms with Crippen molar-refractivity contribution in [3.05, 3.63) is 54.1 Å². The number of halogens is 4. The lowest BCUT2D eigenvalue weighted by Gasteiger charge is -2.30. The molecule has 3 rings (SSSR count). The van der Waals surface area contributed by atoms with E-state index in [1.807, 2.05) is 6.07 Å². The largest absolute Gasteiger partial charge is 0.407 e. The summed E-state index contributed by atoms with van der Waals surface area (Å²) in [4.78, 5) is 12.8. The molecule has 7 nitrogen and oxygen atoms in total. The molecule has 2 atom stereocenters. The van der Waals surface area contributed by atoms with Gasteiger partial charge in [0.2, 0.25) is 15.9 Å². The number of hydrogen-bond donors (Lipinski definition) is 3. The van der Waals surface area contributed by atoms with Gasteiger partial charge in [0.15, 0.2) is 0 Å². The molecule has 0 heterocycles. The smallest absolute Gasteiger partial charge is 0.336 e. The summed E-state index contributed by atoms with van der Waals surface area (Å²) >= 11 is 0. The van der Waals surface area contributed by atoms with Crippen LogP contribution < -0.4 is 15.4 Å². The average Bonchev–Trinajstić information content (AvgIpc) is 3.54. The number of sulfonamides is 1. The highest BCUT2D eigenvalue weighted by Crippen LogP contribution is 2.37. The Morgan fingerprint density at radius 1 is 1.03 bits per heavy atom. The van der Waals surface area contributed by atoms with Crippen LogP contribution in [0.5, 0.6) is 0 Å². The third-order valence-electron chi connectivity index (χ3n) is 5.79. The SMILES string of the molecule is CC(C)(F)C[C@H](N[C@@H](c1ccc(-c2ccc(NS(C)(=O)=O)cc2)cc1)C(F)(F)F)C(=O)NC1(C#N)CC1. The fourth-order valence-electron chi connectivity index (χ4n) is 3.82. The zero-order valence-electron chi connectivity index (χ0n) is 20.5. The monoisotopic (exact) mass is 540 g/mol. The fourth-order valence-corrected chi connectivity index (χ4v) is 4.38. The van der Waals surface area contributed by atoms with Crippen molar-refractivity contribution in [3.63, 3.8) is 0 Å². The average molecular weight is 541 g/mol. The Hall–Kier alpha value is -3.17. The molecule has 0 spiro atoms. The Kier molecular flexibility index (Phi) is 7.91. The molecule has 3 N–H and O–H groups in total. The molecule has 1 fully saturated rings. The van der Waals surface area contributed by atoms with Crippen molar-refractivity contribution in [1.82, 2.24) is 10.6 Å². The van der Waals surface area contributed by atoms with Gasteiger partial charge in [-0.2, -0.15) is 18.4 Å². The van der Waals surface area contributed by atoms with Crippen LogP contribution >= 0.6 is 0 Å². The van der Waals surface area contributed by atoms with Crippen LogP contribution in [0, 0.1) is 11.3 Å². The summed E-state index contributed by atoms with van der Waals surface area (Å²) in [6.07, 6.45) is -3.54. The molecule has 0 unspecified atom stereocenters. The Morgan fingerprint density at radius 2 is 1.54 bits per heavy atom. The summed E-state index contributed by atoms with van der Waals surface area (Å²) < 4.78 is 81.7. The van der Waals surface area contributed by atoms with Gasteiger partial charge in [-0.1, -0.05) is 36.4 Å². The number of nitriles is 1. The molecule has 0 radical (unpaired) electrons. The predicted octanol–water partition coefficient (Wildman–Crippen LogP) is 4.60. The second-order valence-corrected chi connectivity index (χ2v) is 11.6. The van der Waals surface area contributed by atoms with Gasteiger partial charge in [-0.3, -0.25) is 14.8 Å². The Labute approximate surface area is 213 Å². The molecule has 1 amide bonds. The summed E-state index contributed by atoms with van der Waals surface area (Å²) in [5, 5.41) is 14.0. The van der Waals surface area contributed by atoms with Gasteiger partial charge in [-0.05, 0) is 55.5 Å². The number of benzene rings is 2. The molecule has 0 aromatic heterocycles. The van der Waals surface area contributed by atoms with E-state index >= 15 is 0 Å². The van der Waals surface area contributed by atoms with Crippen LogP contribution in [-0.4, -0.2) is 44.0 Å². The van der Waals surface area contributed by atoms with E-state index in [4.69, 9.17) is 0 Å². The van der Waals surface area contributed by atoms with Crippen molar-refractivity contribution < 1.29 is 30.8 Å². The van der Waals surface area contributed by atoms with Crippen molar-refractivity contribution in [2.45, 2.75) is 62.6 Å². The summed E-state index contributed by atoms with van der Waals surface area (Å²) in [5.41, 5.74) is -1.67. The molecule has 37 heavy (non-hydrogen) atoms. The third kappa shape index (κ3) is 8.16. The van der Waals surface area contributed by atoms with Crippen molar-refractivity contribution in [2.24, 2.45) is 0 Å². The Bertz CT molecular complexity index is 1260. The van der Waals surface area contributed by atoms with E-state index in [2.05, 4.69) is 15.4 Å². The summed E-state index contributed by atoms with van der Waals surface area (Å²) in [7, 11) is -3.45. The normalized spacial score (nSPS) is 16.8. The van der Waals surface area contributed by atoms with Gasteiger partial charge >= 0.3 is 6.18 Å². The third-order valence-corrected chi connectivity index (χ3v) is 6.40. The minimum absolute atomic E-state index is 0.178. The highest BCUT2D eigenvalue weighted by molar-refractivity contribution is 7.92. The van der Waals surface area contributed by atoms with Gasteiger partial charge in [0, 0.05) is 12.1 Å². The zero-order chi connectivity index (χ0) is 27.6. The quantitative estimate of drug-likeness (QED) is 0.382. The van der Waals surface area contributed by atoms with Crippen molar-refractivity contribution in [2.75, 3.05) is 11.0 Å². The summed E-state index contributed by atoms with van der Waals surface area (Å²) in [6.45, 7) is 2.33.